The first kappa shape index (κ1) is 43.5. The van der Waals surface area contributed by atoms with E-state index in [4.69, 9.17) is 9.97 Å². The van der Waals surface area contributed by atoms with Crippen LogP contribution in [0.5, 0.6) is 0 Å². The van der Waals surface area contributed by atoms with Crippen molar-refractivity contribution in [1.29, 1.82) is 0 Å². The maximum absolute atomic E-state index is 5.63. The number of hydrogen-bond acceptors (Lipinski definition) is 2. The molecule has 0 fully saturated rings. The maximum Gasteiger partial charge on any atom is 0.138 e. The molecular weight excluding hydrogens is 971 g/mol. The summed E-state index contributed by atoms with van der Waals surface area (Å²) in [6, 6.07) is 97.8. The molecule has 11 aromatic carbocycles. The van der Waals surface area contributed by atoms with Gasteiger partial charge in [-0.1, -0.05) is 158 Å². The quantitative estimate of drug-likeness (QED) is 0.167. The largest absolute Gasteiger partial charge is 0.309 e. The van der Waals surface area contributed by atoms with Crippen molar-refractivity contribution in [2.45, 2.75) is 5.92 Å². The molecular formula is C75H45N5. The van der Waals surface area contributed by atoms with Crippen LogP contribution in [0.15, 0.2) is 267 Å². The average Bonchev–Trinajstić information content (AvgIpc) is 4.48. The van der Waals surface area contributed by atoms with E-state index in [0.29, 0.717) is 0 Å². The van der Waals surface area contributed by atoms with Gasteiger partial charge in [-0.3, -0.25) is 9.55 Å². The highest BCUT2D eigenvalue weighted by Gasteiger charge is 2.34. The first-order chi connectivity index (χ1) is 39.7. The Labute approximate surface area is 460 Å². The minimum Gasteiger partial charge on any atom is -0.309 e. The van der Waals surface area contributed by atoms with Gasteiger partial charge in [0.2, 0.25) is 0 Å². The molecule has 0 amide bonds. The number of aromatic nitrogens is 5. The molecule has 1 atom stereocenters. The van der Waals surface area contributed by atoms with E-state index >= 15 is 0 Å². The van der Waals surface area contributed by atoms with Gasteiger partial charge in [-0.15, -0.1) is 0 Å². The molecule has 18 rings (SSSR count). The van der Waals surface area contributed by atoms with Crippen LogP contribution in [-0.4, -0.2) is 23.7 Å². The van der Waals surface area contributed by atoms with Crippen molar-refractivity contribution in [3.05, 3.63) is 284 Å². The summed E-state index contributed by atoms with van der Waals surface area (Å²) in [5.74, 6) is 0.868. The van der Waals surface area contributed by atoms with Crippen LogP contribution in [0.2, 0.25) is 0 Å². The SMILES string of the molecule is c1ccc(-n2c3ccccc3c3cc(-c4ccc5c(c4)-c4ccccc4C5c4cc5c6c(cccc6n4)-c4nc(-n6c7ccccc7c7cc(-c8ccc9c(c8)c8ccccc8n9-c8ccccc8)ccc76)ccc4-5)ccc32)cc1. The average molecular weight is 1020 g/mol. The number of benzene rings is 11. The maximum atomic E-state index is 5.63. The number of fused-ring (bicyclic) bond motifs is 15. The van der Waals surface area contributed by atoms with E-state index in [1.54, 1.807) is 0 Å². The van der Waals surface area contributed by atoms with Gasteiger partial charge in [-0.2, -0.15) is 0 Å². The van der Waals surface area contributed by atoms with Crippen molar-refractivity contribution in [3.63, 3.8) is 0 Å². The molecule has 0 saturated carbocycles. The zero-order chi connectivity index (χ0) is 52.2. The highest BCUT2D eigenvalue weighted by molar-refractivity contribution is 6.16. The normalized spacial score (nSPS) is 13.4. The first-order valence-electron chi connectivity index (χ1n) is 27.6. The minimum atomic E-state index is -0.0266. The minimum absolute atomic E-state index is 0.0266. The monoisotopic (exact) mass is 1020 g/mol. The highest BCUT2D eigenvalue weighted by Crippen LogP contribution is 2.53. The van der Waals surface area contributed by atoms with Crippen molar-refractivity contribution in [2.24, 2.45) is 0 Å². The van der Waals surface area contributed by atoms with Crippen LogP contribution in [0.25, 0.3) is 149 Å². The molecule has 16 aromatic rings. The molecule has 5 nitrogen and oxygen atoms in total. The molecule has 0 saturated heterocycles. The fraction of sp³-hybridized carbons (Fsp3) is 0.0133. The van der Waals surface area contributed by atoms with E-state index in [-0.39, 0.29) is 5.92 Å². The van der Waals surface area contributed by atoms with Gasteiger partial charge < -0.3 is 9.13 Å². The van der Waals surface area contributed by atoms with Gasteiger partial charge in [-0.25, -0.2) is 4.98 Å². The lowest BCUT2D eigenvalue weighted by atomic mass is 9.90. The number of rotatable bonds is 6. The van der Waals surface area contributed by atoms with E-state index in [0.717, 1.165) is 61.6 Å². The van der Waals surface area contributed by atoms with Crippen molar-refractivity contribution in [3.8, 4) is 73.0 Å². The summed E-state index contributed by atoms with van der Waals surface area (Å²) >= 11 is 0. The van der Waals surface area contributed by atoms with E-state index in [2.05, 4.69) is 281 Å². The molecule has 0 radical (unpaired) electrons. The second-order valence-electron chi connectivity index (χ2n) is 21.6. The van der Waals surface area contributed by atoms with Gasteiger partial charge in [0.15, 0.2) is 0 Å². The van der Waals surface area contributed by atoms with E-state index in [1.807, 2.05) is 0 Å². The molecule has 0 spiro atoms. The van der Waals surface area contributed by atoms with Crippen LogP contribution in [-0.2, 0) is 0 Å². The predicted molar refractivity (Wildman–Crippen MR) is 331 cm³/mol. The topological polar surface area (TPSA) is 40.6 Å². The standard InChI is InChI=1S/C75H45N5/c1-3-16-49(17-4-1)78-66-27-12-9-21-52(66)60-41-46(31-36-69(60)78)45-30-34-56-59(40-45)51-20-7-8-24-55(51)73(56)65-44-63-57-35-39-72(77-75(57)58-25-15-26-64(76-65)74(58)63)80-68-29-14-11-23-54(68)62-43-48(33-38-71(62)80)47-32-37-70-61(42-47)53-22-10-13-28-67(53)79(70)50-18-5-2-6-19-50/h1-44,73H. The number of hydrogen-bond donors (Lipinski definition) is 0. The van der Waals surface area contributed by atoms with E-state index in [9.17, 15) is 0 Å². The Morgan fingerprint density at radius 3 is 1.36 bits per heavy atom. The molecule has 5 heteroatoms. The van der Waals surface area contributed by atoms with Crippen molar-refractivity contribution in [1.82, 2.24) is 23.7 Å². The van der Waals surface area contributed by atoms with Gasteiger partial charge in [0.05, 0.1) is 55.9 Å². The fourth-order valence-electron chi connectivity index (χ4n) is 14.0. The molecule has 370 valence electrons. The van der Waals surface area contributed by atoms with Gasteiger partial charge >= 0.3 is 0 Å². The highest BCUT2D eigenvalue weighted by atomic mass is 15.1. The van der Waals surface area contributed by atoms with Crippen LogP contribution in [0.3, 0.4) is 0 Å². The van der Waals surface area contributed by atoms with E-state index in [1.165, 1.54) is 104 Å². The zero-order valence-electron chi connectivity index (χ0n) is 43.2. The molecule has 0 bridgehead atoms. The van der Waals surface area contributed by atoms with Crippen LogP contribution in [0, 0.1) is 0 Å². The summed E-state index contributed by atoms with van der Waals surface area (Å²) < 4.78 is 7.10. The third-order valence-corrected chi connectivity index (χ3v) is 17.4. The number of pyridine rings is 2. The molecule has 5 aromatic heterocycles. The first-order valence-corrected chi connectivity index (χ1v) is 27.6. The molecule has 5 heterocycles. The van der Waals surface area contributed by atoms with Crippen molar-refractivity contribution in [2.75, 3.05) is 0 Å². The second kappa shape index (κ2) is 16.4. The Bertz CT molecular complexity index is 5310. The Morgan fingerprint density at radius 2 is 0.750 bits per heavy atom. The second-order valence-corrected chi connectivity index (χ2v) is 21.6. The summed E-state index contributed by atoms with van der Waals surface area (Å²) in [4.78, 5) is 11.2. The molecule has 80 heavy (non-hydrogen) atoms. The van der Waals surface area contributed by atoms with Gasteiger partial charge in [0.1, 0.15) is 5.82 Å². The Hall–Kier alpha value is -10.6. The van der Waals surface area contributed by atoms with Crippen LogP contribution >= 0.6 is 0 Å². The lowest BCUT2D eigenvalue weighted by Gasteiger charge is -2.16. The Balaban J connectivity index is 0.726. The van der Waals surface area contributed by atoms with E-state index < -0.39 is 0 Å². The van der Waals surface area contributed by atoms with Gasteiger partial charge in [-0.05, 0) is 159 Å². The van der Waals surface area contributed by atoms with Crippen molar-refractivity contribution >= 4 is 76.3 Å². The Kier molecular flexibility index (Phi) is 8.94. The fourth-order valence-corrected chi connectivity index (χ4v) is 14.0. The molecule has 0 N–H and O–H groups in total. The predicted octanol–water partition coefficient (Wildman–Crippen LogP) is 19.1. The Morgan fingerprint density at radius 1 is 0.275 bits per heavy atom. The lowest BCUT2D eigenvalue weighted by molar-refractivity contribution is 0.960. The lowest BCUT2D eigenvalue weighted by Crippen LogP contribution is -2.03. The summed E-state index contributed by atoms with van der Waals surface area (Å²) in [5.41, 5.74) is 25.8. The molecule has 0 aliphatic heterocycles. The summed E-state index contributed by atoms with van der Waals surface area (Å²) in [5, 5.41) is 8.55. The smallest absolute Gasteiger partial charge is 0.138 e. The summed E-state index contributed by atoms with van der Waals surface area (Å²) in [6.45, 7) is 0. The van der Waals surface area contributed by atoms with Crippen LogP contribution in [0.4, 0.5) is 0 Å². The number of nitrogens with zero attached hydrogens (tertiary/aromatic N) is 5. The van der Waals surface area contributed by atoms with Crippen LogP contribution < -0.4 is 0 Å². The van der Waals surface area contributed by atoms with Gasteiger partial charge in [0, 0.05) is 60.2 Å². The van der Waals surface area contributed by atoms with Gasteiger partial charge in [0.25, 0.3) is 0 Å². The third kappa shape index (κ3) is 6.11. The summed E-state index contributed by atoms with van der Waals surface area (Å²) in [6.07, 6.45) is 0. The zero-order valence-corrected chi connectivity index (χ0v) is 43.2. The van der Waals surface area contributed by atoms with Crippen LogP contribution in [0.1, 0.15) is 22.7 Å². The molecule has 2 aliphatic carbocycles. The van der Waals surface area contributed by atoms with Crippen molar-refractivity contribution < 1.29 is 0 Å². The third-order valence-electron chi connectivity index (χ3n) is 17.4. The summed E-state index contributed by atoms with van der Waals surface area (Å²) in [7, 11) is 0. The molecule has 2 aliphatic rings. The molecule has 1 unspecified atom stereocenters. The number of para-hydroxylation sites is 5.